The zero-order chi connectivity index (χ0) is 13.0. The molecule has 0 aromatic carbocycles. The molecule has 0 amide bonds. The van der Waals surface area contributed by atoms with Crippen molar-refractivity contribution in [2.45, 2.75) is 19.9 Å². The van der Waals surface area contributed by atoms with Crippen molar-refractivity contribution in [1.82, 2.24) is 19.9 Å². The molecular weight excluding hydrogens is 226 g/mol. The predicted octanol–water partition coefficient (Wildman–Crippen LogP) is 1.26. The van der Waals surface area contributed by atoms with Crippen molar-refractivity contribution < 1.29 is 0 Å². The molecule has 0 spiro atoms. The minimum absolute atomic E-state index is 0.704. The summed E-state index contributed by atoms with van der Waals surface area (Å²) in [4.78, 5) is 7.24. The van der Waals surface area contributed by atoms with E-state index in [9.17, 15) is 0 Å². The number of imidazole rings is 1. The number of H-pyrrole nitrogens is 1. The van der Waals surface area contributed by atoms with Crippen LogP contribution in [0.2, 0.25) is 0 Å². The highest BCUT2D eigenvalue weighted by molar-refractivity contribution is 5.33. The van der Waals surface area contributed by atoms with Crippen LogP contribution in [-0.4, -0.2) is 21.1 Å². The number of nitriles is 1. The normalized spacial score (nSPS) is 10.5. The fourth-order valence-corrected chi connectivity index (χ4v) is 1.91. The van der Waals surface area contributed by atoms with Crippen LogP contribution in [0.5, 0.6) is 0 Å². The van der Waals surface area contributed by atoms with E-state index in [1.165, 1.54) is 5.56 Å². The second-order valence-electron chi connectivity index (χ2n) is 4.27. The number of aromatic nitrogens is 3. The van der Waals surface area contributed by atoms with Gasteiger partial charge in [-0.15, -0.1) is 0 Å². The highest BCUT2D eigenvalue weighted by atomic mass is 15.0. The Labute approximate surface area is 106 Å². The molecule has 2 N–H and O–H groups in total. The molecule has 0 aliphatic heterocycles. The third kappa shape index (κ3) is 2.60. The maximum absolute atomic E-state index is 8.95. The van der Waals surface area contributed by atoms with Gasteiger partial charge in [-0.05, 0) is 18.6 Å². The molecule has 0 saturated heterocycles. The molecule has 0 atom stereocenters. The molecule has 0 radical (unpaired) electrons. The summed E-state index contributed by atoms with van der Waals surface area (Å²) in [5, 5.41) is 12.3. The predicted molar refractivity (Wildman–Crippen MR) is 68.9 cm³/mol. The topological polar surface area (TPSA) is 69.4 Å². The van der Waals surface area contributed by atoms with Crippen LogP contribution >= 0.6 is 0 Å². The van der Waals surface area contributed by atoms with Crippen molar-refractivity contribution >= 4 is 0 Å². The van der Waals surface area contributed by atoms with Crippen LogP contribution in [0.15, 0.2) is 18.5 Å². The number of nitrogens with one attached hydrogen (secondary N) is 2. The van der Waals surface area contributed by atoms with Gasteiger partial charge in [0, 0.05) is 44.6 Å². The molecule has 2 heterocycles. The van der Waals surface area contributed by atoms with Gasteiger partial charge in [-0.25, -0.2) is 4.98 Å². The Balaban J connectivity index is 1.85. The second-order valence-corrected chi connectivity index (χ2v) is 4.27. The monoisotopic (exact) mass is 243 g/mol. The van der Waals surface area contributed by atoms with Gasteiger partial charge in [0.1, 0.15) is 17.6 Å². The van der Waals surface area contributed by atoms with Gasteiger partial charge < -0.3 is 14.9 Å². The van der Waals surface area contributed by atoms with Crippen molar-refractivity contribution in [1.29, 1.82) is 5.26 Å². The molecule has 0 fully saturated rings. The molecule has 0 saturated carbocycles. The lowest BCUT2D eigenvalue weighted by Crippen LogP contribution is -2.17. The van der Waals surface area contributed by atoms with Gasteiger partial charge in [-0.2, -0.15) is 5.26 Å². The first-order valence-corrected chi connectivity index (χ1v) is 5.96. The van der Waals surface area contributed by atoms with Gasteiger partial charge >= 0.3 is 0 Å². The molecule has 5 nitrogen and oxygen atoms in total. The quantitative estimate of drug-likeness (QED) is 0.777. The third-order valence-electron chi connectivity index (χ3n) is 3.16. The summed E-state index contributed by atoms with van der Waals surface area (Å²) in [5.41, 5.74) is 3.01. The molecule has 0 bridgehead atoms. The summed E-state index contributed by atoms with van der Waals surface area (Å²) in [6.45, 7) is 3.68. The van der Waals surface area contributed by atoms with Crippen LogP contribution in [0.3, 0.4) is 0 Å². The Morgan fingerprint density at radius 2 is 2.39 bits per heavy atom. The Hall–Kier alpha value is -2.06. The minimum Gasteiger partial charge on any atom is -0.349 e. The Bertz CT molecular complexity index is 545. The smallest absolute Gasteiger partial charge is 0.120 e. The number of aromatic amines is 1. The lowest BCUT2D eigenvalue weighted by molar-refractivity contribution is 0.669. The molecular formula is C13H17N5. The van der Waals surface area contributed by atoms with Crippen LogP contribution in [0.1, 0.15) is 22.8 Å². The van der Waals surface area contributed by atoms with E-state index in [2.05, 4.69) is 21.4 Å². The second kappa shape index (κ2) is 5.52. The maximum Gasteiger partial charge on any atom is 0.120 e. The lowest BCUT2D eigenvalue weighted by atomic mass is 10.2. The Morgan fingerprint density at radius 1 is 1.56 bits per heavy atom. The summed E-state index contributed by atoms with van der Waals surface area (Å²) in [7, 11) is 1.92. The van der Waals surface area contributed by atoms with Crippen LogP contribution in [0, 0.1) is 18.3 Å². The molecule has 2 rings (SSSR count). The SMILES string of the molecule is Cc1c(CNCCc2ncc[nH]2)cc(C#N)n1C. The van der Waals surface area contributed by atoms with Gasteiger partial charge in [-0.3, -0.25) is 0 Å². The zero-order valence-electron chi connectivity index (χ0n) is 10.7. The lowest BCUT2D eigenvalue weighted by Gasteiger charge is -2.04. The van der Waals surface area contributed by atoms with Crippen LogP contribution in [0.25, 0.3) is 0 Å². The van der Waals surface area contributed by atoms with Crippen molar-refractivity contribution in [2.24, 2.45) is 7.05 Å². The van der Waals surface area contributed by atoms with E-state index in [0.717, 1.165) is 31.0 Å². The van der Waals surface area contributed by atoms with Gasteiger partial charge in [0.2, 0.25) is 0 Å². The van der Waals surface area contributed by atoms with Crippen molar-refractivity contribution in [3.63, 3.8) is 0 Å². The number of nitrogens with zero attached hydrogens (tertiary/aromatic N) is 3. The molecule has 2 aromatic rings. The third-order valence-corrected chi connectivity index (χ3v) is 3.16. The highest BCUT2D eigenvalue weighted by Crippen LogP contribution is 2.12. The first-order chi connectivity index (χ1) is 8.72. The van der Waals surface area contributed by atoms with E-state index >= 15 is 0 Å². The van der Waals surface area contributed by atoms with Gasteiger partial charge in [0.25, 0.3) is 0 Å². The molecule has 94 valence electrons. The molecule has 5 heteroatoms. The molecule has 0 aliphatic carbocycles. The van der Waals surface area contributed by atoms with E-state index in [-0.39, 0.29) is 0 Å². The highest BCUT2D eigenvalue weighted by Gasteiger charge is 2.07. The maximum atomic E-state index is 8.95. The average molecular weight is 243 g/mol. The molecule has 2 aromatic heterocycles. The summed E-state index contributed by atoms with van der Waals surface area (Å²) in [6.07, 6.45) is 4.47. The number of hydrogen-bond acceptors (Lipinski definition) is 3. The first-order valence-electron chi connectivity index (χ1n) is 5.96. The van der Waals surface area contributed by atoms with E-state index < -0.39 is 0 Å². The standard InChI is InChI=1S/C13H17N5/c1-10-11(7-12(8-14)18(10)2)9-15-4-3-13-16-5-6-17-13/h5-7,15H,3-4,9H2,1-2H3,(H,16,17). The largest absolute Gasteiger partial charge is 0.349 e. The van der Waals surface area contributed by atoms with Crippen LogP contribution in [0.4, 0.5) is 0 Å². The summed E-state index contributed by atoms with van der Waals surface area (Å²) < 4.78 is 1.92. The molecule has 0 aliphatic rings. The number of rotatable bonds is 5. The van der Waals surface area contributed by atoms with E-state index in [1.54, 1.807) is 6.20 Å². The van der Waals surface area contributed by atoms with Gasteiger partial charge in [-0.1, -0.05) is 0 Å². The fourth-order valence-electron chi connectivity index (χ4n) is 1.91. The van der Waals surface area contributed by atoms with Crippen LogP contribution < -0.4 is 5.32 Å². The van der Waals surface area contributed by atoms with Gasteiger partial charge in [0.15, 0.2) is 0 Å². The van der Waals surface area contributed by atoms with Crippen molar-refractivity contribution in [3.8, 4) is 6.07 Å². The fraction of sp³-hybridized carbons (Fsp3) is 0.385. The zero-order valence-corrected chi connectivity index (χ0v) is 10.7. The Morgan fingerprint density at radius 3 is 3.00 bits per heavy atom. The molecule has 0 unspecified atom stereocenters. The van der Waals surface area contributed by atoms with Crippen molar-refractivity contribution in [2.75, 3.05) is 6.54 Å². The summed E-state index contributed by atoms with van der Waals surface area (Å²) >= 11 is 0. The van der Waals surface area contributed by atoms with Gasteiger partial charge in [0.05, 0.1) is 0 Å². The average Bonchev–Trinajstić information content (AvgIpc) is 2.97. The Kier molecular flexibility index (Phi) is 3.80. The summed E-state index contributed by atoms with van der Waals surface area (Å²) in [6, 6.07) is 4.13. The van der Waals surface area contributed by atoms with E-state index in [0.29, 0.717) is 5.69 Å². The van der Waals surface area contributed by atoms with Crippen molar-refractivity contribution in [3.05, 3.63) is 41.2 Å². The number of hydrogen-bond donors (Lipinski definition) is 2. The van der Waals surface area contributed by atoms with E-state index in [4.69, 9.17) is 5.26 Å². The molecule has 18 heavy (non-hydrogen) atoms. The minimum atomic E-state index is 0.704. The first kappa shape index (κ1) is 12.4. The van der Waals surface area contributed by atoms with Crippen LogP contribution in [-0.2, 0) is 20.0 Å². The van der Waals surface area contributed by atoms with E-state index in [1.807, 2.05) is 30.8 Å². The summed E-state index contributed by atoms with van der Waals surface area (Å²) in [5.74, 6) is 0.991.